The van der Waals surface area contributed by atoms with Gasteiger partial charge in [0.15, 0.2) is 18.1 Å². The fraction of sp³-hybridized carbons (Fsp3) is 0.600. The topological polar surface area (TPSA) is 73.9 Å². The molecule has 1 fully saturated rings. The molecule has 0 bridgehead atoms. The van der Waals surface area contributed by atoms with E-state index in [9.17, 15) is 22.8 Å². The highest BCUT2D eigenvalue weighted by molar-refractivity contribution is 5.76. The maximum absolute atomic E-state index is 12.3. The highest BCUT2D eigenvalue weighted by Crippen LogP contribution is 2.30. The number of methoxy groups -OCH3 is 2. The Morgan fingerprint density at radius 3 is 2.38 bits per heavy atom. The molecule has 1 aliphatic carbocycles. The van der Waals surface area contributed by atoms with Crippen LogP contribution in [0.4, 0.5) is 13.2 Å². The molecule has 0 aliphatic heterocycles. The maximum Gasteiger partial charge on any atom is 0.422 e. The number of ether oxygens (including phenoxy) is 3. The lowest BCUT2D eigenvalue weighted by Crippen LogP contribution is -2.39. The number of carbonyl (C=O) groups is 2. The third-order valence-electron chi connectivity index (χ3n) is 4.89. The van der Waals surface area contributed by atoms with Crippen molar-refractivity contribution in [2.75, 3.05) is 20.8 Å². The number of esters is 1. The molecule has 0 radical (unpaired) electrons. The molecule has 9 heteroatoms. The van der Waals surface area contributed by atoms with Crippen LogP contribution in [0.15, 0.2) is 18.2 Å². The van der Waals surface area contributed by atoms with Gasteiger partial charge in [-0.15, -0.1) is 0 Å². The molecule has 1 saturated carbocycles. The highest BCUT2D eigenvalue weighted by Gasteiger charge is 2.29. The van der Waals surface area contributed by atoms with Crippen LogP contribution in [0, 0.1) is 5.92 Å². The summed E-state index contributed by atoms with van der Waals surface area (Å²) in [5.41, 5.74) is 0.755. The highest BCUT2D eigenvalue weighted by atomic mass is 19.4. The molecule has 162 valence electrons. The normalized spacial score (nSPS) is 19.3. The van der Waals surface area contributed by atoms with Gasteiger partial charge in [0.2, 0.25) is 5.91 Å². The second-order valence-corrected chi connectivity index (χ2v) is 7.03. The summed E-state index contributed by atoms with van der Waals surface area (Å²) in [6.07, 6.45) is -0.947. The Hall–Kier alpha value is -2.45. The summed E-state index contributed by atoms with van der Waals surface area (Å²) in [6, 6.07) is 4.63. The molecule has 6 nitrogen and oxygen atoms in total. The van der Waals surface area contributed by atoms with Crippen LogP contribution in [0.1, 0.15) is 37.7 Å². The monoisotopic (exact) mass is 417 g/mol. The number of halogens is 3. The Bertz CT molecular complexity index is 700. The fourth-order valence-corrected chi connectivity index (χ4v) is 3.34. The number of alkyl halides is 3. The van der Waals surface area contributed by atoms with E-state index in [0.29, 0.717) is 19.3 Å². The first-order chi connectivity index (χ1) is 13.7. The smallest absolute Gasteiger partial charge is 0.422 e. The Morgan fingerprint density at radius 1 is 1.10 bits per heavy atom. The lowest BCUT2D eigenvalue weighted by atomic mass is 9.86. The van der Waals surface area contributed by atoms with Gasteiger partial charge in [0.1, 0.15) is 0 Å². The fourth-order valence-electron chi connectivity index (χ4n) is 3.34. The molecule has 0 spiro atoms. The van der Waals surface area contributed by atoms with Gasteiger partial charge in [-0.2, -0.15) is 13.2 Å². The van der Waals surface area contributed by atoms with E-state index in [2.05, 4.69) is 5.32 Å². The average Bonchev–Trinajstić information content (AvgIpc) is 2.70. The van der Waals surface area contributed by atoms with Crippen molar-refractivity contribution < 1.29 is 37.0 Å². The van der Waals surface area contributed by atoms with Gasteiger partial charge < -0.3 is 19.5 Å². The van der Waals surface area contributed by atoms with Gasteiger partial charge in [-0.3, -0.25) is 9.59 Å². The molecule has 1 aromatic rings. The standard InChI is InChI=1S/C20H26F3NO5/c1-27-17-11-13(3-9-16(17)29-12-20(21,22)23)4-10-18(25)24-15-7-5-14(6-8-15)19(26)28-2/h3,9,11,14-15H,4-8,10,12H2,1-2H3,(H,24,25). The molecule has 2 rings (SSSR count). The molecule has 1 aromatic carbocycles. The van der Waals surface area contributed by atoms with Gasteiger partial charge in [0.05, 0.1) is 20.1 Å². The van der Waals surface area contributed by atoms with Crippen LogP contribution < -0.4 is 14.8 Å². The summed E-state index contributed by atoms with van der Waals surface area (Å²) >= 11 is 0. The first kappa shape index (κ1) is 22.8. The molecule has 0 atom stereocenters. The van der Waals surface area contributed by atoms with Crippen molar-refractivity contribution in [2.24, 2.45) is 5.92 Å². The first-order valence-corrected chi connectivity index (χ1v) is 9.45. The molecule has 1 amide bonds. The summed E-state index contributed by atoms with van der Waals surface area (Å²) in [6.45, 7) is -1.40. The Kier molecular flexibility index (Phi) is 8.16. The largest absolute Gasteiger partial charge is 0.493 e. The van der Waals surface area contributed by atoms with Crippen molar-refractivity contribution in [2.45, 2.75) is 50.7 Å². The molecule has 0 unspecified atom stereocenters. The molecular weight excluding hydrogens is 391 g/mol. The number of rotatable bonds is 8. The van der Waals surface area contributed by atoms with Gasteiger partial charge in [0.25, 0.3) is 0 Å². The van der Waals surface area contributed by atoms with Crippen LogP contribution in [-0.4, -0.2) is 44.9 Å². The van der Waals surface area contributed by atoms with E-state index in [1.807, 2.05) is 0 Å². The van der Waals surface area contributed by atoms with Gasteiger partial charge >= 0.3 is 12.1 Å². The van der Waals surface area contributed by atoms with Crippen LogP contribution >= 0.6 is 0 Å². The summed E-state index contributed by atoms with van der Waals surface area (Å²) in [4.78, 5) is 23.7. The molecule has 0 saturated heterocycles. The Labute approximate surface area is 167 Å². The predicted molar refractivity (Wildman–Crippen MR) is 98.8 cm³/mol. The van der Waals surface area contributed by atoms with Gasteiger partial charge in [-0.05, 0) is 49.8 Å². The van der Waals surface area contributed by atoms with Crippen LogP contribution in [0.3, 0.4) is 0 Å². The molecule has 1 aliphatic rings. The molecule has 29 heavy (non-hydrogen) atoms. The van der Waals surface area contributed by atoms with Gasteiger partial charge in [-0.1, -0.05) is 6.07 Å². The molecular formula is C20H26F3NO5. The van der Waals surface area contributed by atoms with Crippen LogP contribution in [0.25, 0.3) is 0 Å². The number of benzene rings is 1. The summed E-state index contributed by atoms with van der Waals surface area (Å²) in [5, 5.41) is 2.97. The summed E-state index contributed by atoms with van der Waals surface area (Å²) in [7, 11) is 2.72. The number of hydrogen-bond donors (Lipinski definition) is 1. The summed E-state index contributed by atoms with van der Waals surface area (Å²) < 4.78 is 51.5. The Balaban J connectivity index is 1.80. The first-order valence-electron chi connectivity index (χ1n) is 9.45. The van der Waals surface area contributed by atoms with Crippen molar-refractivity contribution >= 4 is 11.9 Å². The van der Waals surface area contributed by atoms with Gasteiger partial charge in [0, 0.05) is 12.5 Å². The van der Waals surface area contributed by atoms with Crippen molar-refractivity contribution in [3.8, 4) is 11.5 Å². The number of nitrogens with one attached hydrogen (secondary N) is 1. The SMILES string of the molecule is COC(=O)C1CCC(NC(=O)CCc2ccc(OCC(F)(F)F)c(OC)c2)CC1. The van der Waals surface area contributed by atoms with Crippen LogP contribution in [0.5, 0.6) is 11.5 Å². The zero-order valence-corrected chi connectivity index (χ0v) is 16.5. The second kappa shape index (κ2) is 10.4. The van der Waals surface area contributed by atoms with Crippen molar-refractivity contribution in [1.29, 1.82) is 0 Å². The van der Waals surface area contributed by atoms with E-state index in [1.54, 1.807) is 12.1 Å². The van der Waals surface area contributed by atoms with Gasteiger partial charge in [-0.25, -0.2) is 0 Å². The van der Waals surface area contributed by atoms with Crippen molar-refractivity contribution in [3.05, 3.63) is 23.8 Å². The van der Waals surface area contributed by atoms with Crippen LogP contribution in [0.2, 0.25) is 0 Å². The van der Waals surface area contributed by atoms with Crippen molar-refractivity contribution in [3.63, 3.8) is 0 Å². The summed E-state index contributed by atoms with van der Waals surface area (Å²) in [5.74, 6) is -0.221. The molecule has 0 aromatic heterocycles. The lowest BCUT2D eigenvalue weighted by Gasteiger charge is -2.27. The average molecular weight is 417 g/mol. The third-order valence-corrected chi connectivity index (χ3v) is 4.89. The second-order valence-electron chi connectivity index (χ2n) is 7.03. The van der Waals surface area contributed by atoms with E-state index in [4.69, 9.17) is 14.2 Å². The van der Waals surface area contributed by atoms with E-state index in [-0.39, 0.29) is 41.8 Å². The third kappa shape index (κ3) is 7.47. The van der Waals surface area contributed by atoms with E-state index in [1.165, 1.54) is 20.3 Å². The number of carbonyl (C=O) groups excluding carboxylic acids is 2. The molecule has 0 heterocycles. The Morgan fingerprint density at radius 2 is 1.79 bits per heavy atom. The van der Waals surface area contributed by atoms with E-state index in [0.717, 1.165) is 18.4 Å². The van der Waals surface area contributed by atoms with E-state index < -0.39 is 12.8 Å². The lowest BCUT2D eigenvalue weighted by molar-refractivity contribution is -0.153. The van der Waals surface area contributed by atoms with E-state index >= 15 is 0 Å². The maximum atomic E-state index is 12.3. The minimum Gasteiger partial charge on any atom is -0.493 e. The van der Waals surface area contributed by atoms with Crippen LogP contribution in [-0.2, 0) is 20.7 Å². The number of aryl methyl sites for hydroxylation is 1. The zero-order chi connectivity index (χ0) is 21.4. The number of amides is 1. The molecule has 1 N–H and O–H groups in total. The minimum atomic E-state index is -4.43. The quantitative estimate of drug-likeness (QED) is 0.656. The van der Waals surface area contributed by atoms with Crippen molar-refractivity contribution in [1.82, 2.24) is 5.32 Å². The number of hydrogen-bond acceptors (Lipinski definition) is 5. The zero-order valence-electron chi connectivity index (χ0n) is 16.5. The minimum absolute atomic E-state index is 0.000363. The predicted octanol–water partition coefficient (Wildman–Crippen LogP) is 3.42.